The van der Waals surface area contributed by atoms with Crippen LogP contribution in [0.3, 0.4) is 0 Å². The van der Waals surface area contributed by atoms with Crippen LogP contribution in [0.25, 0.3) is 11.2 Å². The lowest BCUT2D eigenvalue weighted by atomic mass is 10.1. The van der Waals surface area contributed by atoms with Crippen molar-refractivity contribution in [3.05, 3.63) is 37.1 Å². The predicted molar refractivity (Wildman–Crippen MR) is 130 cm³/mol. The Kier molecular flexibility index (Phi) is 8.22. The van der Waals surface area contributed by atoms with Crippen LogP contribution < -0.4 is 16.8 Å². The molecule has 1 saturated heterocycles. The zero-order valence-electron chi connectivity index (χ0n) is 19.6. The molecule has 3 aromatic heterocycles. The van der Waals surface area contributed by atoms with Crippen LogP contribution in [-0.4, -0.2) is 101 Å². The number of nitrogens with zero attached hydrogens (tertiary/aromatic N) is 6. The Morgan fingerprint density at radius 3 is 2.78 bits per heavy atom. The van der Waals surface area contributed by atoms with Gasteiger partial charge in [0.25, 0.3) is 0 Å². The molecule has 1 aliphatic rings. The van der Waals surface area contributed by atoms with E-state index in [1.54, 1.807) is 6.20 Å². The van der Waals surface area contributed by atoms with E-state index in [0.29, 0.717) is 30.8 Å². The first-order chi connectivity index (χ1) is 17.3. The third kappa shape index (κ3) is 5.85. The minimum absolute atomic E-state index is 0.198. The molecule has 0 bridgehead atoms. The minimum Gasteiger partial charge on any atom is -0.480 e. The number of imidazole rings is 1. The summed E-state index contributed by atoms with van der Waals surface area (Å²) in [7, 11) is 0. The van der Waals surface area contributed by atoms with Crippen LogP contribution >= 0.6 is 0 Å². The van der Waals surface area contributed by atoms with E-state index in [0.717, 1.165) is 12.2 Å². The summed E-state index contributed by atoms with van der Waals surface area (Å²) in [6.07, 6.45) is 1.27. The molecule has 0 amide bonds. The number of pyridine rings is 1. The fraction of sp³-hybridized carbons (Fsp3) is 0.500. The Hall–Kier alpha value is -3.43. The second-order valence-electron chi connectivity index (χ2n) is 8.66. The van der Waals surface area contributed by atoms with Crippen LogP contribution in [0.1, 0.15) is 19.1 Å². The highest BCUT2D eigenvalue weighted by atomic mass is 16.6. The number of aliphatic hydroxyl groups is 2. The Morgan fingerprint density at radius 2 is 2.03 bits per heavy atom. The number of anilines is 2. The maximum absolute atomic E-state index is 11.2. The van der Waals surface area contributed by atoms with Crippen molar-refractivity contribution in [3.63, 3.8) is 0 Å². The molecule has 1 fully saturated rings. The van der Waals surface area contributed by atoms with E-state index in [9.17, 15) is 15.0 Å². The van der Waals surface area contributed by atoms with Gasteiger partial charge in [-0.2, -0.15) is 0 Å². The highest BCUT2D eigenvalue weighted by Crippen LogP contribution is 2.32. The van der Waals surface area contributed by atoms with Crippen molar-refractivity contribution in [2.45, 2.75) is 43.4 Å². The molecular weight excluding hydrogens is 470 g/mol. The van der Waals surface area contributed by atoms with Gasteiger partial charge in [0.15, 0.2) is 17.7 Å². The maximum Gasteiger partial charge on any atom is 0.320 e. The summed E-state index contributed by atoms with van der Waals surface area (Å²) in [6.45, 7) is 1.85. The van der Waals surface area contributed by atoms with Crippen LogP contribution in [-0.2, 0) is 9.53 Å². The average Bonchev–Trinajstić information content (AvgIpc) is 3.42. The highest BCUT2D eigenvalue weighted by molar-refractivity contribution is 5.81. The third-order valence-corrected chi connectivity index (χ3v) is 6.13. The molecule has 1 unspecified atom stereocenters. The summed E-state index contributed by atoms with van der Waals surface area (Å²) in [6, 6.07) is 4.59. The van der Waals surface area contributed by atoms with E-state index in [1.165, 1.54) is 17.2 Å². The fourth-order valence-corrected chi connectivity index (χ4v) is 4.15. The summed E-state index contributed by atoms with van der Waals surface area (Å²) in [4.78, 5) is 29.7. The van der Waals surface area contributed by atoms with Gasteiger partial charge in [0.1, 0.15) is 42.0 Å². The summed E-state index contributed by atoms with van der Waals surface area (Å²) in [5.41, 5.74) is 12.3. The van der Waals surface area contributed by atoms with E-state index in [4.69, 9.17) is 21.3 Å². The molecule has 0 spiro atoms. The number of nitrogens with one attached hydrogen (secondary N) is 1. The Morgan fingerprint density at radius 1 is 1.19 bits per heavy atom. The van der Waals surface area contributed by atoms with Gasteiger partial charge in [0.2, 0.25) is 0 Å². The molecule has 1 aliphatic heterocycles. The number of hydrogen-bond donors (Lipinski definition) is 6. The molecule has 14 nitrogen and oxygen atoms in total. The summed E-state index contributed by atoms with van der Waals surface area (Å²) in [5.74, 6) is -0.120. The van der Waals surface area contributed by atoms with Gasteiger partial charge >= 0.3 is 5.97 Å². The van der Waals surface area contributed by atoms with Crippen LogP contribution in [0, 0.1) is 0 Å². The second-order valence-corrected chi connectivity index (χ2v) is 8.66. The maximum atomic E-state index is 11.2. The third-order valence-electron chi connectivity index (χ3n) is 6.13. The Balaban J connectivity index is 1.41. The molecule has 194 valence electrons. The molecule has 8 N–H and O–H groups in total. The van der Waals surface area contributed by atoms with Crippen LogP contribution in [0.15, 0.2) is 37.1 Å². The SMILES string of the molecule is Nc1ncnc2c1ncn2[C@@H]1O[C@H](CN(CCCNc2ccccn2)CCC(N)C(=O)O)[C@@H](O)[C@H]1O. The van der Waals surface area contributed by atoms with E-state index in [-0.39, 0.29) is 18.8 Å². The smallest absolute Gasteiger partial charge is 0.320 e. The summed E-state index contributed by atoms with van der Waals surface area (Å²) in [5, 5.41) is 33.9. The number of aliphatic carboxylic acids is 1. The van der Waals surface area contributed by atoms with Crippen molar-refractivity contribution in [3.8, 4) is 0 Å². The first-order valence-electron chi connectivity index (χ1n) is 11.7. The first kappa shape index (κ1) is 25.7. The normalized spacial score (nSPS) is 22.8. The second kappa shape index (κ2) is 11.5. The van der Waals surface area contributed by atoms with Gasteiger partial charge in [-0.25, -0.2) is 19.9 Å². The van der Waals surface area contributed by atoms with E-state index < -0.39 is 36.6 Å². The number of fused-ring (bicyclic) bond motifs is 1. The molecule has 0 saturated carbocycles. The lowest BCUT2D eigenvalue weighted by molar-refractivity contribution is -0.138. The van der Waals surface area contributed by atoms with Gasteiger partial charge in [-0.1, -0.05) is 6.07 Å². The first-order valence-corrected chi connectivity index (χ1v) is 11.7. The van der Waals surface area contributed by atoms with E-state index in [1.807, 2.05) is 23.1 Å². The van der Waals surface area contributed by atoms with Gasteiger partial charge in [0, 0.05) is 25.8 Å². The van der Waals surface area contributed by atoms with Crippen molar-refractivity contribution >= 4 is 28.8 Å². The van der Waals surface area contributed by atoms with E-state index >= 15 is 0 Å². The predicted octanol–water partition coefficient (Wildman–Crippen LogP) is -0.971. The number of carbonyl (C=O) groups is 1. The topological polar surface area (TPSA) is 211 Å². The molecule has 3 aromatic rings. The Bertz CT molecular complexity index is 1150. The van der Waals surface area contributed by atoms with Gasteiger partial charge < -0.3 is 41.7 Å². The molecule has 4 rings (SSSR count). The average molecular weight is 502 g/mol. The van der Waals surface area contributed by atoms with Crippen LogP contribution in [0.5, 0.6) is 0 Å². The summed E-state index contributed by atoms with van der Waals surface area (Å²) < 4.78 is 7.56. The number of aromatic nitrogens is 5. The number of nitrogen functional groups attached to an aromatic ring is 1. The molecular formula is C22H31N9O5. The number of aliphatic hydroxyl groups excluding tert-OH is 2. The molecule has 0 aromatic carbocycles. The van der Waals surface area contributed by atoms with Crippen molar-refractivity contribution in [2.75, 3.05) is 37.2 Å². The number of hydrogen-bond acceptors (Lipinski definition) is 12. The molecule has 14 heteroatoms. The molecule has 5 atom stereocenters. The number of carboxylic acids is 1. The molecule has 0 radical (unpaired) electrons. The lowest BCUT2D eigenvalue weighted by Crippen LogP contribution is -2.43. The largest absolute Gasteiger partial charge is 0.480 e. The molecule has 0 aliphatic carbocycles. The van der Waals surface area contributed by atoms with Gasteiger partial charge in [-0.15, -0.1) is 0 Å². The minimum atomic E-state index is -1.24. The monoisotopic (exact) mass is 501 g/mol. The van der Waals surface area contributed by atoms with Crippen LogP contribution in [0.2, 0.25) is 0 Å². The van der Waals surface area contributed by atoms with Crippen molar-refractivity contribution in [2.24, 2.45) is 5.73 Å². The number of rotatable bonds is 12. The fourth-order valence-electron chi connectivity index (χ4n) is 4.15. The lowest BCUT2D eigenvalue weighted by Gasteiger charge is -2.27. The zero-order valence-corrected chi connectivity index (χ0v) is 19.6. The van der Waals surface area contributed by atoms with Gasteiger partial charge in [-0.3, -0.25) is 9.36 Å². The number of nitrogens with two attached hydrogens (primary N) is 2. The zero-order chi connectivity index (χ0) is 25.7. The number of carboxylic acid groups (broad SMARTS) is 1. The molecule has 36 heavy (non-hydrogen) atoms. The van der Waals surface area contributed by atoms with Crippen molar-refractivity contribution in [1.82, 2.24) is 29.4 Å². The Labute approximate surface area is 206 Å². The van der Waals surface area contributed by atoms with Gasteiger partial charge in [0.05, 0.1) is 6.33 Å². The van der Waals surface area contributed by atoms with Gasteiger partial charge in [-0.05, 0) is 31.5 Å². The highest BCUT2D eigenvalue weighted by Gasteiger charge is 2.44. The van der Waals surface area contributed by atoms with E-state index in [2.05, 4.69) is 25.3 Å². The summed E-state index contributed by atoms with van der Waals surface area (Å²) >= 11 is 0. The number of ether oxygens (including phenoxy) is 1. The standard InChI is InChI=1S/C22H31N9O5/c23-13(22(34)35)5-9-30(8-3-7-26-15-4-1-2-6-25-15)10-14-17(32)18(33)21(36-14)31-12-29-16-19(24)27-11-28-20(16)31/h1-2,4,6,11-14,17-18,21,32-33H,3,5,7-10,23H2,(H,25,26)(H,34,35)(H2,24,27,28)/t13?,14-,17-,18-,21-/m1/s1. The quantitative estimate of drug-likeness (QED) is 0.165. The van der Waals surface area contributed by atoms with Crippen molar-refractivity contribution in [1.29, 1.82) is 0 Å². The van der Waals surface area contributed by atoms with Crippen LogP contribution in [0.4, 0.5) is 11.6 Å². The molecule has 4 heterocycles. The van der Waals surface area contributed by atoms with Crippen molar-refractivity contribution < 1.29 is 24.9 Å².